The van der Waals surface area contributed by atoms with Crippen LogP contribution in [0.1, 0.15) is 29.8 Å². The molecule has 8 heteroatoms. The minimum absolute atomic E-state index is 0.104. The molecule has 3 amide bonds. The van der Waals surface area contributed by atoms with Crippen molar-refractivity contribution in [3.05, 3.63) is 168 Å². The molecule has 53 heavy (non-hydrogen) atoms. The molecule has 0 aliphatic rings. The van der Waals surface area contributed by atoms with Crippen molar-refractivity contribution in [2.24, 2.45) is 0 Å². The monoisotopic (exact) mass is 714 g/mol. The molecule has 0 fully saturated rings. The Bertz CT molecular complexity index is 2440. The van der Waals surface area contributed by atoms with Gasteiger partial charge < -0.3 is 20.5 Å². The quantitative estimate of drug-likeness (QED) is 0.0919. The number of carbonyl (C=O) groups excluding carboxylic acids is 3. The zero-order valence-electron chi connectivity index (χ0n) is 29.4. The highest BCUT2D eigenvalue weighted by Gasteiger charge is 2.18. The number of amides is 3. The fourth-order valence-electron chi connectivity index (χ4n) is 6.30. The molecule has 3 N–H and O–H groups in total. The van der Waals surface area contributed by atoms with Gasteiger partial charge in [-0.2, -0.15) is 0 Å². The number of para-hydroxylation sites is 1. The van der Waals surface area contributed by atoms with Crippen molar-refractivity contribution in [1.82, 2.24) is 9.88 Å². The number of hydrogen-bond acceptors (Lipinski definition) is 4. The maximum Gasteiger partial charge on any atom is 0.272 e. The van der Waals surface area contributed by atoms with Gasteiger partial charge in [0.15, 0.2) is 0 Å². The second-order valence-corrected chi connectivity index (χ2v) is 14.0. The van der Waals surface area contributed by atoms with E-state index in [2.05, 4.69) is 45.6 Å². The van der Waals surface area contributed by atoms with Gasteiger partial charge in [-0.3, -0.25) is 14.4 Å². The first-order valence-corrected chi connectivity index (χ1v) is 18.4. The Morgan fingerprint density at radius 3 is 2.00 bits per heavy atom. The second-order valence-electron chi connectivity index (χ2n) is 12.6. The highest BCUT2D eigenvalue weighted by Crippen LogP contribution is 2.32. The van der Waals surface area contributed by atoms with Crippen molar-refractivity contribution < 1.29 is 14.4 Å². The number of carbonyl (C=O) groups is 3. The van der Waals surface area contributed by atoms with Crippen molar-refractivity contribution >= 4 is 68.7 Å². The van der Waals surface area contributed by atoms with Gasteiger partial charge in [0.25, 0.3) is 11.8 Å². The summed E-state index contributed by atoms with van der Waals surface area (Å²) in [5, 5.41) is 10.7. The van der Waals surface area contributed by atoms with Crippen molar-refractivity contribution in [3.63, 3.8) is 0 Å². The Morgan fingerprint density at radius 1 is 0.660 bits per heavy atom. The number of nitrogens with one attached hydrogen (secondary N) is 3. The Kier molecular flexibility index (Phi) is 10.5. The molecule has 0 aliphatic heterocycles. The number of nitrogens with zero attached hydrogens (tertiary/aromatic N) is 1. The molecule has 7 nitrogen and oxygen atoms in total. The molecule has 1 heterocycles. The van der Waals surface area contributed by atoms with E-state index in [0.717, 1.165) is 50.1 Å². The number of anilines is 2. The molecule has 6 aromatic carbocycles. The maximum atomic E-state index is 13.6. The van der Waals surface area contributed by atoms with E-state index in [1.54, 1.807) is 42.5 Å². The van der Waals surface area contributed by atoms with Crippen LogP contribution in [0.2, 0.25) is 0 Å². The molecule has 1 aromatic heterocycles. The van der Waals surface area contributed by atoms with E-state index < -0.39 is 5.91 Å². The average molecular weight is 715 g/mol. The van der Waals surface area contributed by atoms with Gasteiger partial charge in [0.2, 0.25) is 5.91 Å². The van der Waals surface area contributed by atoms with Gasteiger partial charge in [0.05, 0.1) is 5.25 Å². The van der Waals surface area contributed by atoms with Crippen LogP contribution < -0.4 is 16.0 Å². The van der Waals surface area contributed by atoms with Crippen LogP contribution in [-0.4, -0.2) is 27.5 Å². The summed E-state index contributed by atoms with van der Waals surface area (Å²) in [6.45, 7) is 4.86. The highest BCUT2D eigenvalue weighted by atomic mass is 32.2. The lowest BCUT2D eigenvalue weighted by molar-refractivity contribution is -0.115. The number of fused-ring (bicyclic) bond motifs is 3. The predicted molar refractivity (Wildman–Crippen MR) is 218 cm³/mol. The van der Waals surface area contributed by atoms with E-state index in [1.807, 2.05) is 104 Å². The standard InChI is InChI=1S/C45H38N4O3S/c1-3-49-41-17-11-10-16-38(41)39-29-36(24-27-42(39)49)47-43(50)30(2)53-37-25-22-35(23-26-37)46-45(52)40(48-44(51)34-14-8-5-9-15-34)28-31-18-20-33(21-19-31)32-12-6-4-7-13-32/h4-30H,3H2,1-2H3,(H,46,52)(H,47,50)(H,48,51)/b40-28-. The summed E-state index contributed by atoms with van der Waals surface area (Å²) in [5.74, 6) is -0.958. The molecule has 262 valence electrons. The number of benzene rings is 6. The second kappa shape index (κ2) is 15.9. The predicted octanol–water partition coefficient (Wildman–Crippen LogP) is 10.0. The lowest BCUT2D eigenvalue weighted by atomic mass is 10.0. The minimum Gasteiger partial charge on any atom is -0.341 e. The van der Waals surface area contributed by atoms with Gasteiger partial charge in [-0.15, -0.1) is 11.8 Å². The maximum absolute atomic E-state index is 13.6. The molecule has 0 saturated heterocycles. The first-order chi connectivity index (χ1) is 25.9. The van der Waals surface area contributed by atoms with Crippen molar-refractivity contribution in [2.45, 2.75) is 30.5 Å². The third kappa shape index (κ3) is 8.08. The van der Waals surface area contributed by atoms with Gasteiger partial charge in [0, 0.05) is 50.2 Å². The van der Waals surface area contributed by atoms with Crippen LogP contribution in [-0.2, 0) is 16.1 Å². The molecule has 1 atom stereocenters. The molecule has 0 aliphatic carbocycles. The molecule has 7 aromatic rings. The number of thioether (sulfide) groups is 1. The first-order valence-electron chi connectivity index (χ1n) is 17.5. The normalized spacial score (nSPS) is 12.0. The van der Waals surface area contributed by atoms with E-state index in [-0.39, 0.29) is 22.8 Å². The fourth-order valence-corrected chi connectivity index (χ4v) is 7.17. The van der Waals surface area contributed by atoms with Gasteiger partial charge in [-0.25, -0.2) is 0 Å². The highest BCUT2D eigenvalue weighted by molar-refractivity contribution is 8.00. The smallest absolute Gasteiger partial charge is 0.272 e. The van der Waals surface area contributed by atoms with E-state index >= 15 is 0 Å². The van der Waals surface area contributed by atoms with Crippen LogP contribution in [0.25, 0.3) is 39.0 Å². The zero-order chi connectivity index (χ0) is 36.7. The molecule has 0 radical (unpaired) electrons. The molecular weight excluding hydrogens is 677 g/mol. The fraction of sp³-hybridized carbons (Fsp3) is 0.0889. The van der Waals surface area contributed by atoms with Crippen molar-refractivity contribution in [3.8, 4) is 11.1 Å². The summed E-state index contributed by atoms with van der Waals surface area (Å²) >= 11 is 1.43. The van der Waals surface area contributed by atoms with Gasteiger partial charge in [-0.05, 0) is 97.3 Å². The molecule has 1 unspecified atom stereocenters. The van der Waals surface area contributed by atoms with E-state index in [0.29, 0.717) is 11.3 Å². The lowest BCUT2D eigenvalue weighted by Gasteiger charge is -2.14. The van der Waals surface area contributed by atoms with Crippen LogP contribution in [0.3, 0.4) is 0 Å². The van der Waals surface area contributed by atoms with Crippen LogP contribution >= 0.6 is 11.8 Å². The molecule has 0 spiro atoms. The van der Waals surface area contributed by atoms with Crippen LogP contribution in [0, 0.1) is 0 Å². The van der Waals surface area contributed by atoms with Gasteiger partial charge in [0.1, 0.15) is 5.70 Å². The Hall–Kier alpha value is -6.38. The van der Waals surface area contributed by atoms with Crippen molar-refractivity contribution in [1.29, 1.82) is 0 Å². The molecule has 7 rings (SSSR count). The Labute approximate surface area is 312 Å². The number of hydrogen-bond donors (Lipinski definition) is 3. The van der Waals surface area contributed by atoms with E-state index in [9.17, 15) is 14.4 Å². The lowest BCUT2D eigenvalue weighted by Crippen LogP contribution is -2.30. The minimum atomic E-state index is -0.464. The Morgan fingerprint density at radius 2 is 1.28 bits per heavy atom. The van der Waals surface area contributed by atoms with Crippen LogP contribution in [0.15, 0.2) is 162 Å². The molecule has 0 bridgehead atoms. The third-order valence-electron chi connectivity index (χ3n) is 9.01. The zero-order valence-corrected chi connectivity index (χ0v) is 30.2. The van der Waals surface area contributed by atoms with Crippen LogP contribution in [0.5, 0.6) is 0 Å². The average Bonchev–Trinajstić information content (AvgIpc) is 3.52. The summed E-state index contributed by atoms with van der Waals surface area (Å²) < 4.78 is 2.28. The van der Waals surface area contributed by atoms with Gasteiger partial charge >= 0.3 is 0 Å². The third-order valence-corrected chi connectivity index (χ3v) is 10.1. The van der Waals surface area contributed by atoms with Crippen molar-refractivity contribution in [2.75, 3.05) is 10.6 Å². The summed E-state index contributed by atoms with van der Waals surface area (Å²) in [6.07, 6.45) is 1.66. The summed E-state index contributed by atoms with van der Waals surface area (Å²) in [6, 6.07) is 48.3. The number of rotatable bonds is 11. The van der Waals surface area contributed by atoms with Gasteiger partial charge in [-0.1, -0.05) is 91.0 Å². The topological polar surface area (TPSA) is 92.2 Å². The van der Waals surface area contributed by atoms with Crippen LogP contribution in [0.4, 0.5) is 11.4 Å². The summed E-state index contributed by atoms with van der Waals surface area (Å²) in [5.41, 5.74) is 7.05. The SMILES string of the molecule is CCn1c2ccccc2c2cc(NC(=O)C(C)Sc3ccc(NC(=O)/C(=C/c4ccc(-c5ccccc5)cc4)NC(=O)c4ccccc4)cc3)ccc21. The largest absolute Gasteiger partial charge is 0.341 e. The summed E-state index contributed by atoms with van der Waals surface area (Å²) in [4.78, 5) is 40.9. The Balaban J connectivity index is 1.02. The van der Waals surface area contributed by atoms with E-state index in [4.69, 9.17) is 0 Å². The first kappa shape index (κ1) is 35.0. The summed E-state index contributed by atoms with van der Waals surface area (Å²) in [7, 11) is 0. The molecular formula is C45H38N4O3S. The number of aryl methyl sites for hydroxylation is 1. The molecule has 0 saturated carbocycles. The van der Waals surface area contributed by atoms with E-state index in [1.165, 1.54) is 17.3 Å². The number of aromatic nitrogens is 1.